The van der Waals surface area contributed by atoms with Crippen LogP contribution in [0.25, 0.3) is 44.3 Å². The zero-order chi connectivity index (χ0) is 20.3. The molecule has 5 nitrogen and oxygen atoms in total. The summed E-state index contributed by atoms with van der Waals surface area (Å²) in [6, 6.07) is 14.2. The van der Waals surface area contributed by atoms with E-state index in [2.05, 4.69) is 28.4 Å². The van der Waals surface area contributed by atoms with Crippen molar-refractivity contribution in [3.05, 3.63) is 76.5 Å². The summed E-state index contributed by atoms with van der Waals surface area (Å²) in [6.45, 7) is 2.02. The van der Waals surface area contributed by atoms with Crippen molar-refractivity contribution in [2.75, 3.05) is 0 Å². The van der Waals surface area contributed by atoms with E-state index in [0.717, 1.165) is 38.8 Å². The van der Waals surface area contributed by atoms with Gasteiger partial charge in [0.25, 0.3) is 5.56 Å². The molecule has 5 rings (SSSR count). The zero-order valence-corrected chi connectivity index (χ0v) is 16.3. The van der Waals surface area contributed by atoms with E-state index in [1.165, 1.54) is 12.1 Å². The van der Waals surface area contributed by atoms with Crippen LogP contribution in [0.15, 0.2) is 59.5 Å². The van der Waals surface area contributed by atoms with Gasteiger partial charge in [0.15, 0.2) is 0 Å². The van der Waals surface area contributed by atoms with Crippen molar-refractivity contribution in [1.82, 2.24) is 19.3 Å². The maximum absolute atomic E-state index is 13.4. The van der Waals surface area contributed by atoms with Crippen LogP contribution in [0, 0.1) is 12.7 Å². The number of fused-ring (bicyclic) bond motifs is 3. The molecule has 5 aromatic rings. The molecule has 0 fully saturated rings. The Morgan fingerprint density at radius 3 is 2.34 bits per heavy atom. The van der Waals surface area contributed by atoms with E-state index in [4.69, 9.17) is 0 Å². The smallest absolute Gasteiger partial charge is 0.259 e. The molecule has 3 heterocycles. The lowest BCUT2D eigenvalue weighted by Crippen LogP contribution is -2.20. The Morgan fingerprint density at radius 1 is 0.931 bits per heavy atom. The number of pyridine rings is 1. The van der Waals surface area contributed by atoms with Crippen LogP contribution in [0.1, 0.15) is 5.56 Å². The molecule has 0 atom stereocenters. The summed E-state index contributed by atoms with van der Waals surface area (Å²) < 4.78 is 17.1. The number of hydrogen-bond donors (Lipinski definition) is 1. The Morgan fingerprint density at radius 2 is 1.66 bits per heavy atom. The Labute approximate surface area is 166 Å². The van der Waals surface area contributed by atoms with Gasteiger partial charge < -0.3 is 4.57 Å². The minimum atomic E-state index is -0.323. The third-order valence-electron chi connectivity index (χ3n) is 5.62. The van der Waals surface area contributed by atoms with Crippen molar-refractivity contribution in [2.24, 2.45) is 14.1 Å². The van der Waals surface area contributed by atoms with Crippen molar-refractivity contribution in [1.29, 1.82) is 0 Å². The number of aromatic nitrogens is 4. The van der Waals surface area contributed by atoms with Crippen LogP contribution in [0.3, 0.4) is 0 Å². The van der Waals surface area contributed by atoms with Gasteiger partial charge in [-0.15, -0.1) is 0 Å². The third-order valence-corrected chi connectivity index (χ3v) is 5.62. The van der Waals surface area contributed by atoms with Gasteiger partial charge in [0.05, 0.1) is 17.4 Å². The van der Waals surface area contributed by atoms with E-state index >= 15 is 0 Å². The van der Waals surface area contributed by atoms with E-state index in [1.54, 1.807) is 29.9 Å². The fraction of sp³-hybridized carbons (Fsp3) is 0.130. The molecule has 0 bridgehead atoms. The lowest BCUT2D eigenvalue weighted by Gasteiger charge is -2.08. The van der Waals surface area contributed by atoms with Gasteiger partial charge in [-0.3, -0.25) is 14.5 Å². The molecule has 3 aromatic heterocycles. The quantitative estimate of drug-likeness (QED) is 0.484. The van der Waals surface area contributed by atoms with Crippen molar-refractivity contribution in [3.8, 4) is 22.4 Å². The largest absolute Gasteiger partial charge is 0.330 e. The Kier molecular flexibility index (Phi) is 3.71. The average Bonchev–Trinajstić information content (AvgIpc) is 3.26. The highest BCUT2D eigenvalue weighted by Crippen LogP contribution is 2.33. The first-order valence-corrected chi connectivity index (χ1v) is 9.34. The minimum absolute atomic E-state index is 0.111. The second kappa shape index (κ2) is 6.17. The molecular weight excluding hydrogens is 367 g/mol. The van der Waals surface area contributed by atoms with Gasteiger partial charge >= 0.3 is 0 Å². The highest BCUT2D eigenvalue weighted by Gasteiger charge is 2.17. The molecule has 0 unspecified atom stereocenters. The highest BCUT2D eigenvalue weighted by molar-refractivity contribution is 6.09. The van der Waals surface area contributed by atoms with Crippen LogP contribution in [-0.2, 0) is 14.1 Å². The molecule has 0 saturated carbocycles. The summed E-state index contributed by atoms with van der Waals surface area (Å²) in [5.41, 5.74) is 6.11. The fourth-order valence-corrected chi connectivity index (χ4v) is 4.12. The maximum Gasteiger partial charge on any atom is 0.259 e. The molecule has 1 N–H and O–H groups in total. The number of H-pyrrole nitrogens is 1. The molecule has 0 aliphatic rings. The Bertz CT molecular complexity index is 1450. The molecule has 0 saturated heterocycles. The highest BCUT2D eigenvalue weighted by atomic mass is 19.1. The first kappa shape index (κ1) is 17.4. The van der Waals surface area contributed by atoms with Gasteiger partial charge in [-0.1, -0.05) is 18.2 Å². The van der Waals surface area contributed by atoms with Crippen molar-refractivity contribution in [2.45, 2.75) is 6.92 Å². The number of hydrogen-bond acceptors (Lipinski definition) is 2. The van der Waals surface area contributed by atoms with E-state index in [1.807, 2.05) is 24.6 Å². The summed E-state index contributed by atoms with van der Waals surface area (Å²) in [6.07, 6.45) is 1.80. The van der Waals surface area contributed by atoms with Gasteiger partial charge in [-0.25, -0.2) is 4.39 Å². The molecule has 6 heteroatoms. The number of aryl methyl sites for hydroxylation is 3. The van der Waals surface area contributed by atoms with Crippen molar-refractivity contribution in [3.63, 3.8) is 0 Å². The topological polar surface area (TPSA) is 55.6 Å². The van der Waals surface area contributed by atoms with Crippen LogP contribution >= 0.6 is 0 Å². The van der Waals surface area contributed by atoms with Crippen LogP contribution in [0.5, 0.6) is 0 Å². The molecule has 0 aliphatic carbocycles. The summed E-state index contributed by atoms with van der Waals surface area (Å²) in [5, 5.41) is 9.21. The second-order valence-electron chi connectivity index (χ2n) is 7.39. The summed E-state index contributed by atoms with van der Waals surface area (Å²) >= 11 is 0. The van der Waals surface area contributed by atoms with Gasteiger partial charge in [-0.05, 0) is 48.4 Å². The minimum Gasteiger partial charge on any atom is -0.330 e. The Hall–Kier alpha value is -3.67. The SMILES string of the molecule is Cc1cn[nH]c1-c1ccc2c(c1)c1cc(-c3ccc(F)cc3)c(=O)n(C)c1n2C. The van der Waals surface area contributed by atoms with Gasteiger partial charge in [0, 0.05) is 36.0 Å². The van der Waals surface area contributed by atoms with Gasteiger partial charge in [0.2, 0.25) is 0 Å². The second-order valence-corrected chi connectivity index (χ2v) is 7.39. The van der Waals surface area contributed by atoms with Crippen LogP contribution in [0.2, 0.25) is 0 Å². The van der Waals surface area contributed by atoms with Crippen LogP contribution in [0.4, 0.5) is 4.39 Å². The zero-order valence-electron chi connectivity index (χ0n) is 16.3. The molecule has 29 heavy (non-hydrogen) atoms. The molecule has 0 amide bonds. The number of nitrogens with one attached hydrogen (secondary N) is 1. The van der Waals surface area contributed by atoms with Crippen molar-refractivity contribution < 1.29 is 4.39 Å². The first-order valence-electron chi connectivity index (χ1n) is 9.34. The predicted molar refractivity (Wildman–Crippen MR) is 113 cm³/mol. The third kappa shape index (κ3) is 2.52. The first-order chi connectivity index (χ1) is 14.0. The number of nitrogens with zero attached hydrogens (tertiary/aromatic N) is 3. The van der Waals surface area contributed by atoms with E-state index < -0.39 is 0 Å². The van der Waals surface area contributed by atoms with Crippen LogP contribution in [-0.4, -0.2) is 19.3 Å². The number of aromatic amines is 1. The molecule has 0 radical (unpaired) electrons. The van der Waals surface area contributed by atoms with Crippen LogP contribution < -0.4 is 5.56 Å². The molecule has 0 aliphatic heterocycles. The monoisotopic (exact) mass is 386 g/mol. The number of halogens is 1. The number of rotatable bonds is 2. The maximum atomic E-state index is 13.4. The van der Waals surface area contributed by atoms with E-state index in [-0.39, 0.29) is 11.4 Å². The summed E-state index contributed by atoms with van der Waals surface area (Å²) in [5.74, 6) is -0.323. The predicted octanol–water partition coefficient (Wildman–Crippen LogP) is 4.53. The molecule has 0 spiro atoms. The molecule has 2 aromatic carbocycles. The van der Waals surface area contributed by atoms with Gasteiger partial charge in [-0.2, -0.15) is 5.10 Å². The van der Waals surface area contributed by atoms with E-state index in [0.29, 0.717) is 11.1 Å². The van der Waals surface area contributed by atoms with Crippen molar-refractivity contribution >= 4 is 21.9 Å². The number of benzene rings is 2. The fourth-order valence-electron chi connectivity index (χ4n) is 4.12. The summed E-state index contributed by atoms with van der Waals surface area (Å²) in [7, 11) is 3.74. The summed E-state index contributed by atoms with van der Waals surface area (Å²) in [4.78, 5) is 13.0. The Balaban J connectivity index is 1.86. The molecular formula is C23H19FN4O. The average molecular weight is 386 g/mol. The lowest BCUT2D eigenvalue weighted by molar-refractivity contribution is 0.628. The standard InChI is InChI=1S/C23H19FN4O/c1-13-12-25-26-21(13)15-6-9-20-18(10-15)19-11-17(14-4-7-16(24)8-5-14)23(29)28(3)22(19)27(20)2/h4-12H,1-3H3,(H,25,26). The molecule has 144 valence electrons. The van der Waals surface area contributed by atoms with E-state index in [9.17, 15) is 9.18 Å². The lowest BCUT2D eigenvalue weighted by atomic mass is 10.0. The normalized spacial score (nSPS) is 11.6. The van der Waals surface area contributed by atoms with Gasteiger partial charge in [0.1, 0.15) is 11.5 Å².